The lowest BCUT2D eigenvalue weighted by atomic mass is 9.96. The molecule has 1 fully saturated rings. The molecular formula is C21H24N4O3. The Bertz CT molecular complexity index is 846. The number of pyridine rings is 1. The lowest BCUT2D eigenvalue weighted by Crippen LogP contribution is -2.43. The number of hydrogen-bond acceptors (Lipinski definition) is 4. The molecule has 146 valence electrons. The number of aromatic nitrogens is 1. The van der Waals surface area contributed by atoms with Crippen molar-refractivity contribution in [3.63, 3.8) is 0 Å². The molecule has 0 spiro atoms. The Hall–Kier alpha value is -3.22. The van der Waals surface area contributed by atoms with Gasteiger partial charge in [0.15, 0.2) is 0 Å². The van der Waals surface area contributed by atoms with Crippen LogP contribution >= 0.6 is 0 Å². The fraction of sp³-hybridized carbons (Fsp3) is 0.333. The fourth-order valence-corrected chi connectivity index (χ4v) is 3.23. The number of carbonyl (C=O) groups excluding carboxylic acids is 3. The van der Waals surface area contributed by atoms with Gasteiger partial charge < -0.3 is 15.5 Å². The highest BCUT2D eigenvalue weighted by Gasteiger charge is 2.24. The predicted molar refractivity (Wildman–Crippen MR) is 106 cm³/mol. The number of carbonyl (C=O) groups is 3. The molecule has 3 rings (SSSR count). The number of hydrogen-bond donors (Lipinski definition) is 2. The van der Waals surface area contributed by atoms with Crippen molar-refractivity contribution in [3.05, 3.63) is 59.9 Å². The number of anilines is 1. The molecule has 3 amide bonds. The largest absolute Gasteiger partial charge is 0.348 e. The fourth-order valence-electron chi connectivity index (χ4n) is 3.23. The van der Waals surface area contributed by atoms with Crippen LogP contribution in [0.3, 0.4) is 0 Å². The molecule has 28 heavy (non-hydrogen) atoms. The van der Waals surface area contributed by atoms with Crippen molar-refractivity contribution in [1.82, 2.24) is 15.2 Å². The van der Waals surface area contributed by atoms with Crippen molar-refractivity contribution >= 4 is 23.4 Å². The summed E-state index contributed by atoms with van der Waals surface area (Å²) in [5.41, 5.74) is 2.16. The van der Waals surface area contributed by atoms with Crippen LogP contribution in [0.4, 0.5) is 5.69 Å². The van der Waals surface area contributed by atoms with Crippen molar-refractivity contribution in [3.8, 4) is 0 Å². The molecule has 0 atom stereocenters. The van der Waals surface area contributed by atoms with E-state index in [0.717, 1.165) is 18.4 Å². The molecule has 2 N–H and O–H groups in total. The van der Waals surface area contributed by atoms with Crippen LogP contribution in [0.5, 0.6) is 0 Å². The van der Waals surface area contributed by atoms with Crippen molar-refractivity contribution in [1.29, 1.82) is 0 Å². The van der Waals surface area contributed by atoms with E-state index in [4.69, 9.17) is 0 Å². The van der Waals surface area contributed by atoms with Crippen LogP contribution in [0.1, 0.15) is 28.8 Å². The molecule has 1 aliphatic heterocycles. The molecule has 0 unspecified atom stereocenters. The maximum Gasteiger partial charge on any atom is 0.313 e. The Morgan fingerprint density at radius 3 is 2.39 bits per heavy atom. The van der Waals surface area contributed by atoms with E-state index in [0.29, 0.717) is 30.9 Å². The summed E-state index contributed by atoms with van der Waals surface area (Å²) in [4.78, 5) is 42.3. The standard InChI is InChI=1S/C21H24N4O3/c1-15-4-2-3-5-18(15)24-20(27)19(26)23-14-16-8-12-25(13-9-16)21(28)17-6-10-22-11-7-17/h2-7,10-11,16H,8-9,12-14H2,1H3,(H,23,26)(H,24,27). The molecule has 0 bridgehead atoms. The van der Waals surface area contributed by atoms with Crippen LogP contribution in [-0.4, -0.2) is 47.2 Å². The Kier molecular flexibility index (Phi) is 6.37. The van der Waals surface area contributed by atoms with Gasteiger partial charge in [-0.3, -0.25) is 19.4 Å². The van der Waals surface area contributed by atoms with Gasteiger partial charge in [-0.15, -0.1) is 0 Å². The number of amides is 3. The van der Waals surface area contributed by atoms with Gasteiger partial charge in [-0.25, -0.2) is 0 Å². The van der Waals surface area contributed by atoms with E-state index in [1.165, 1.54) is 0 Å². The van der Waals surface area contributed by atoms with E-state index < -0.39 is 11.8 Å². The van der Waals surface area contributed by atoms with Gasteiger partial charge in [0.2, 0.25) is 0 Å². The monoisotopic (exact) mass is 380 g/mol. The number of likely N-dealkylation sites (tertiary alicyclic amines) is 1. The van der Waals surface area contributed by atoms with E-state index in [-0.39, 0.29) is 11.8 Å². The second kappa shape index (κ2) is 9.12. The second-order valence-corrected chi connectivity index (χ2v) is 6.95. The number of benzene rings is 1. The molecule has 1 aliphatic rings. The first-order chi connectivity index (χ1) is 13.5. The molecule has 1 saturated heterocycles. The summed E-state index contributed by atoms with van der Waals surface area (Å²) < 4.78 is 0. The first kappa shape index (κ1) is 19.5. The molecule has 0 saturated carbocycles. The average molecular weight is 380 g/mol. The summed E-state index contributed by atoms with van der Waals surface area (Å²) >= 11 is 0. The number of nitrogens with one attached hydrogen (secondary N) is 2. The smallest absolute Gasteiger partial charge is 0.313 e. The summed E-state index contributed by atoms with van der Waals surface area (Å²) in [6.45, 7) is 3.57. The van der Waals surface area contributed by atoms with Gasteiger partial charge in [0.1, 0.15) is 0 Å². The first-order valence-electron chi connectivity index (χ1n) is 9.38. The third kappa shape index (κ3) is 4.94. The van der Waals surface area contributed by atoms with Crippen LogP contribution in [0.2, 0.25) is 0 Å². The quantitative estimate of drug-likeness (QED) is 0.794. The summed E-state index contributed by atoms with van der Waals surface area (Å²) in [5.74, 6) is -1.06. The van der Waals surface area contributed by atoms with Gasteiger partial charge in [-0.05, 0) is 49.4 Å². The summed E-state index contributed by atoms with van der Waals surface area (Å²) in [6.07, 6.45) is 4.79. The normalized spacial score (nSPS) is 14.4. The zero-order valence-corrected chi connectivity index (χ0v) is 15.9. The zero-order valence-electron chi connectivity index (χ0n) is 15.9. The van der Waals surface area contributed by atoms with Crippen LogP contribution < -0.4 is 10.6 Å². The highest BCUT2D eigenvalue weighted by Crippen LogP contribution is 2.18. The third-order valence-corrected chi connectivity index (χ3v) is 4.98. The molecule has 7 heteroatoms. The predicted octanol–water partition coefficient (Wildman–Crippen LogP) is 2.00. The summed E-state index contributed by atoms with van der Waals surface area (Å²) in [5, 5.41) is 5.33. The Balaban J connectivity index is 1.42. The number of nitrogens with zero attached hydrogens (tertiary/aromatic N) is 2. The Labute approximate surface area is 164 Å². The van der Waals surface area contributed by atoms with Gasteiger partial charge in [0.25, 0.3) is 5.91 Å². The van der Waals surface area contributed by atoms with Crippen LogP contribution in [0.15, 0.2) is 48.8 Å². The molecular weight excluding hydrogens is 356 g/mol. The van der Waals surface area contributed by atoms with E-state index in [9.17, 15) is 14.4 Å². The lowest BCUT2D eigenvalue weighted by molar-refractivity contribution is -0.136. The van der Waals surface area contributed by atoms with E-state index in [1.807, 2.05) is 30.0 Å². The molecule has 0 radical (unpaired) electrons. The summed E-state index contributed by atoms with van der Waals surface area (Å²) in [7, 11) is 0. The third-order valence-electron chi connectivity index (χ3n) is 4.98. The molecule has 1 aromatic carbocycles. The minimum atomic E-state index is -0.667. The van der Waals surface area contributed by atoms with Gasteiger partial charge in [0, 0.05) is 43.3 Å². The van der Waals surface area contributed by atoms with Crippen LogP contribution in [0.25, 0.3) is 0 Å². The number of rotatable bonds is 4. The number of para-hydroxylation sites is 1. The van der Waals surface area contributed by atoms with Gasteiger partial charge >= 0.3 is 11.8 Å². The summed E-state index contributed by atoms with van der Waals surface area (Å²) in [6, 6.07) is 10.7. The maximum absolute atomic E-state index is 12.4. The molecule has 0 aliphatic carbocycles. The Morgan fingerprint density at radius 1 is 1.04 bits per heavy atom. The molecule has 2 aromatic rings. The topological polar surface area (TPSA) is 91.4 Å². The highest BCUT2D eigenvalue weighted by atomic mass is 16.2. The van der Waals surface area contributed by atoms with Crippen molar-refractivity contribution in [2.75, 3.05) is 25.0 Å². The zero-order chi connectivity index (χ0) is 19.9. The van der Waals surface area contributed by atoms with Crippen LogP contribution in [0, 0.1) is 12.8 Å². The van der Waals surface area contributed by atoms with Gasteiger partial charge in [0.05, 0.1) is 0 Å². The van der Waals surface area contributed by atoms with Crippen molar-refractivity contribution in [2.24, 2.45) is 5.92 Å². The minimum absolute atomic E-state index is 0.00231. The molecule has 1 aromatic heterocycles. The van der Waals surface area contributed by atoms with Gasteiger partial charge in [-0.1, -0.05) is 18.2 Å². The SMILES string of the molecule is Cc1ccccc1NC(=O)C(=O)NCC1CCN(C(=O)c2ccncc2)CC1. The van der Waals surface area contributed by atoms with E-state index in [2.05, 4.69) is 15.6 Å². The molecule has 7 nitrogen and oxygen atoms in total. The van der Waals surface area contributed by atoms with Crippen molar-refractivity contribution in [2.45, 2.75) is 19.8 Å². The maximum atomic E-state index is 12.4. The minimum Gasteiger partial charge on any atom is -0.348 e. The second-order valence-electron chi connectivity index (χ2n) is 6.95. The average Bonchev–Trinajstić information content (AvgIpc) is 2.74. The number of aryl methyl sites for hydroxylation is 1. The molecule has 2 heterocycles. The van der Waals surface area contributed by atoms with Crippen LogP contribution in [-0.2, 0) is 9.59 Å². The van der Waals surface area contributed by atoms with Gasteiger partial charge in [-0.2, -0.15) is 0 Å². The van der Waals surface area contributed by atoms with E-state index >= 15 is 0 Å². The van der Waals surface area contributed by atoms with E-state index in [1.54, 1.807) is 30.6 Å². The number of piperidine rings is 1. The lowest BCUT2D eigenvalue weighted by Gasteiger charge is -2.32. The first-order valence-corrected chi connectivity index (χ1v) is 9.38. The van der Waals surface area contributed by atoms with Crippen molar-refractivity contribution < 1.29 is 14.4 Å². The highest BCUT2D eigenvalue weighted by molar-refractivity contribution is 6.39. The Morgan fingerprint density at radius 2 is 1.71 bits per heavy atom.